The van der Waals surface area contributed by atoms with Crippen molar-refractivity contribution in [3.63, 3.8) is 0 Å². The van der Waals surface area contributed by atoms with Gasteiger partial charge in [0.1, 0.15) is 0 Å². The van der Waals surface area contributed by atoms with E-state index in [1.54, 1.807) is 11.3 Å². The number of thiophene rings is 1. The van der Waals surface area contributed by atoms with Gasteiger partial charge in [0.15, 0.2) is 0 Å². The quantitative estimate of drug-likeness (QED) is 0.536. The van der Waals surface area contributed by atoms with Gasteiger partial charge in [-0.2, -0.15) is 0 Å². The molecule has 2 unspecified atom stereocenters. The predicted octanol–water partition coefficient (Wildman–Crippen LogP) is 4.81. The Hall–Kier alpha value is -2.92. The highest BCUT2D eigenvalue weighted by molar-refractivity contribution is 7.10. The highest BCUT2D eigenvalue weighted by atomic mass is 32.1. The van der Waals surface area contributed by atoms with Crippen molar-refractivity contribution >= 4 is 23.2 Å². The molecule has 0 aliphatic carbocycles. The van der Waals surface area contributed by atoms with E-state index in [0.717, 1.165) is 23.3 Å². The molecule has 29 heavy (non-hydrogen) atoms. The summed E-state index contributed by atoms with van der Waals surface area (Å²) in [4.78, 5) is 25.4. The second-order valence-electron chi connectivity index (χ2n) is 7.03. The molecule has 0 radical (unpaired) electrons. The van der Waals surface area contributed by atoms with Gasteiger partial charge in [-0.25, -0.2) is 0 Å². The van der Waals surface area contributed by atoms with Crippen molar-refractivity contribution in [3.05, 3.63) is 94.2 Å². The van der Waals surface area contributed by atoms with E-state index in [1.807, 2.05) is 66.0 Å². The average molecular weight is 407 g/mol. The van der Waals surface area contributed by atoms with E-state index in [9.17, 15) is 9.59 Å². The zero-order chi connectivity index (χ0) is 20.5. The standard InChI is InChI=1S/C24H26N2O2S/c1-18(27)25-22(23-13-8-16-29-23)17-24(28)26-21(20-11-6-3-7-12-20)15-14-19-9-4-2-5-10-19/h2-13,16,21-22H,14-15,17H2,1H3,(H,25,27)(H,26,28). The highest BCUT2D eigenvalue weighted by Gasteiger charge is 2.21. The Morgan fingerprint density at radius 3 is 2.17 bits per heavy atom. The summed E-state index contributed by atoms with van der Waals surface area (Å²) in [7, 11) is 0. The van der Waals surface area contributed by atoms with E-state index in [-0.39, 0.29) is 30.3 Å². The Morgan fingerprint density at radius 2 is 1.55 bits per heavy atom. The summed E-state index contributed by atoms with van der Waals surface area (Å²) in [6.45, 7) is 1.48. The van der Waals surface area contributed by atoms with Gasteiger partial charge >= 0.3 is 0 Å². The van der Waals surface area contributed by atoms with E-state index in [2.05, 4.69) is 22.8 Å². The minimum Gasteiger partial charge on any atom is -0.349 e. The van der Waals surface area contributed by atoms with Crippen LogP contribution in [0.25, 0.3) is 0 Å². The number of benzene rings is 2. The fourth-order valence-corrected chi connectivity index (χ4v) is 4.14. The van der Waals surface area contributed by atoms with Crippen LogP contribution in [0.15, 0.2) is 78.2 Å². The average Bonchev–Trinajstić information content (AvgIpc) is 3.26. The third kappa shape index (κ3) is 6.57. The molecule has 1 heterocycles. The van der Waals surface area contributed by atoms with Crippen LogP contribution >= 0.6 is 11.3 Å². The Labute approximate surface area is 176 Å². The number of rotatable bonds is 9. The van der Waals surface area contributed by atoms with Crippen molar-refractivity contribution in [2.45, 2.75) is 38.3 Å². The summed E-state index contributed by atoms with van der Waals surface area (Å²) in [5.74, 6) is -0.209. The van der Waals surface area contributed by atoms with Crippen LogP contribution in [-0.4, -0.2) is 11.8 Å². The molecule has 2 atom stereocenters. The SMILES string of the molecule is CC(=O)NC(CC(=O)NC(CCc1ccccc1)c1ccccc1)c1cccs1. The molecule has 0 aliphatic heterocycles. The summed E-state index contributed by atoms with van der Waals surface area (Å²) in [5, 5.41) is 8.03. The summed E-state index contributed by atoms with van der Waals surface area (Å²) in [5.41, 5.74) is 2.33. The smallest absolute Gasteiger partial charge is 0.222 e. The van der Waals surface area contributed by atoms with E-state index in [4.69, 9.17) is 0 Å². The normalized spacial score (nSPS) is 12.7. The molecule has 0 spiro atoms. The molecule has 5 heteroatoms. The molecule has 2 amide bonds. The van der Waals surface area contributed by atoms with Crippen LogP contribution < -0.4 is 10.6 Å². The summed E-state index contributed by atoms with van der Waals surface area (Å²) < 4.78 is 0. The van der Waals surface area contributed by atoms with Gasteiger partial charge in [-0.3, -0.25) is 9.59 Å². The summed E-state index contributed by atoms with van der Waals surface area (Å²) in [6, 6.07) is 23.8. The number of nitrogens with one attached hydrogen (secondary N) is 2. The van der Waals surface area contributed by atoms with Gasteiger partial charge in [0.25, 0.3) is 0 Å². The van der Waals surface area contributed by atoms with Crippen molar-refractivity contribution in [3.8, 4) is 0 Å². The Morgan fingerprint density at radius 1 is 0.862 bits per heavy atom. The van der Waals surface area contributed by atoms with E-state index in [0.29, 0.717) is 0 Å². The van der Waals surface area contributed by atoms with Crippen LogP contribution in [0.1, 0.15) is 47.9 Å². The van der Waals surface area contributed by atoms with E-state index < -0.39 is 0 Å². The maximum Gasteiger partial charge on any atom is 0.222 e. The van der Waals surface area contributed by atoms with Gasteiger partial charge in [-0.1, -0.05) is 66.7 Å². The molecule has 3 aromatic rings. The minimum absolute atomic E-state index is 0.0703. The number of carbonyl (C=O) groups is 2. The third-order valence-electron chi connectivity index (χ3n) is 4.76. The maximum absolute atomic E-state index is 12.9. The number of carbonyl (C=O) groups excluding carboxylic acids is 2. The molecule has 3 rings (SSSR count). The van der Waals surface area contributed by atoms with Crippen LogP contribution in [0.3, 0.4) is 0 Å². The Balaban J connectivity index is 1.68. The maximum atomic E-state index is 12.9. The molecular formula is C24H26N2O2S. The van der Waals surface area contributed by atoms with Crippen LogP contribution in [0.2, 0.25) is 0 Å². The van der Waals surface area contributed by atoms with Crippen molar-refractivity contribution < 1.29 is 9.59 Å². The molecule has 0 bridgehead atoms. The first-order valence-electron chi connectivity index (χ1n) is 9.80. The van der Waals surface area contributed by atoms with E-state index >= 15 is 0 Å². The second kappa shape index (κ2) is 10.6. The topological polar surface area (TPSA) is 58.2 Å². The monoisotopic (exact) mass is 406 g/mol. The lowest BCUT2D eigenvalue weighted by Crippen LogP contribution is -2.34. The largest absolute Gasteiger partial charge is 0.349 e. The number of amides is 2. The predicted molar refractivity (Wildman–Crippen MR) is 118 cm³/mol. The number of hydrogen-bond donors (Lipinski definition) is 2. The van der Waals surface area contributed by atoms with Gasteiger partial charge in [0, 0.05) is 11.8 Å². The number of hydrogen-bond acceptors (Lipinski definition) is 3. The lowest BCUT2D eigenvalue weighted by Gasteiger charge is -2.22. The van der Waals surface area contributed by atoms with Gasteiger partial charge in [0.2, 0.25) is 11.8 Å². The zero-order valence-electron chi connectivity index (χ0n) is 16.5. The van der Waals surface area contributed by atoms with Gasteiger partial charge < -0.3 is 10.6 Å². The third-order valence-corrected chi connectivity index (χ3v) is 5.74. The molecule has 0 fully saturated rings. The molecule has 150 valence electrons. The second-order valence-corrected chi connectivity index (χ2v) is 8.01. The van der Waals surface area contributed by atoms with Crippen LogP contribution in [0.4, 0.5) is 0 Å². The Bertz CT molecular complexity index is 895. The van der Waals surface area contributed by atoms with Crippen LogP contribution in [0, 0.1) is 0 Å². The fourth-order valence-electron chi connectivity index (χ4n) is 3.36. The lowest BCUT2D eigenvalue weighted by atomic mass is 9.98. The first kappa shape index (κ1) is 20.8. The summed E-state index contributed by atoms with van der Waals surface area (Å²) in [6.07, 6.45) is 1.90. The molecule has 0 aliphatic rings. The first-order chi connectivity index (χ1) is 14.1. The molecule has 0 saturated heterocycles. The Kier molecular flexibility index (Phi) is 7.59. The molecule has 4 nitrogen and oxygen atoms in total. The van der Waals surface area contributed by atoms with Crippen molar-refractivity contribution in [2.24, 2.45) is 0 Å². The molecule has 2 aromatic carbocycles. The van der Waals surface area contributed by atoms with Crippen LogP contribution in [-0.2, 0) is 16.0 Å². The minimum atomic E-state index is -0.307. The van der Waals surface area contributed by atoms with Crippen LogP contribution in [0.5, 0.6) is 0 Å². The fraction of sp³-hybridized carbons (Fsp3) is 0.250. The first-order valence-corrected chi connectivity index (χ1v) is 10.7. The zero-order valence-corrected chi connectivity index (χ0v) is 17.3. The summed E-state index contributed by atoms with van der Waals surface area (Å²) >= 11 is 1.54. The van der Waals surface area contributed by atoms with Crippen molar-refractivity contribution in [1.29, 1.82) is 0 Å². The lowest BCUT2D eigenvalue weighted by molar-refractivity contribution is -0.123. The van der Waals surface area contributed by atoms with Gasteiger partial charge in [-0.05, 0) is 35.4 Å². The molecular weight excluding hydrogens is 380 g/mol. The van der Waals surface area contributed by atoms with Crippen molar-refractivity contribution in [2.75, 3.05) is 0 Å². The van der Waals surface area contributed by atoms with Gasteiger partial charge in [0.05, 0.1) is 18.5 Å². The molecule has 2 N–H and O–H groups in total. The molecule has 1 aromatic heterocycles. The van der Waals surface area contributed by atoms with Crippen molar-refractivity contribution in [1.82, 2.24) is 10.6 Å². The highest BCUT2D eigenvalue weighted by Crippen LogP contribution is 2.24. The van der Waals surface area contributed by atoms with E-state index in [1.165, 1.54) is 12.5 Å². The number of aryl methyl sites for hydroxylation is 1. The molecule has 0 saturated carbocycles. The van der Waals surface area contributed by atoms with Gasteiger partial charge in [-0.15, -0.1) is 11.3 Å².